The van der Waals surface area contributed by atoms with Gasteiger partial charge in [0.05, 0.1) is 0 Å². The highest BCUT2D eigenvalue weighted by Gasteiger charge is 2.28. The normalized spacial score (nSPS) is 15.9. The van der Waals surface area contributed by atoms with E-state index in [1.54, 1.807) is 11.6 Å². The molecule has 0 saturated carbocycles. The molecule has 0 radical (unpaired) electrons. The summed E-state index contributed by atoms with van der Waals surface area (Å²) in [5.74, 6) is -0.281. The molecule has 7 nitrogen and oxygen atoms in total. The van der Waals surface area contributed by atoms with Crippen LogP contribution in [0.25, 0.3) is 0 Å². The van der Waals surface area contributed by atoms with Gasteiger partial charge in [-0.25, -0.2) is 8.42 Å². The Balaban J connectivity index is 0.00000264. The molecule has 1 aromatic heterocycles. The molecule has 2 rings (SSSR count). The third-order valence-corrected chi connectivity index (χ3v) is 5.70. The molecule has 1 amide bonds. The molecule has 132 valence electrons. The molecule has 1 fully saturated rings. The largest absolute Gasteiger partial charge is 0.351 e. The van der Waals surface area contributed by atoms with Crippen LogP contribution >= 0.6 is 12.4 Å². The molecular weight excluding hydrogens is 340 g/mol. The average molecular weight is 365 g/mol. The predicted molar refractivity (Wildman–Crippen MR) is 91.3 cm³/mol. The van der Waals surface area contributed by atoms with Gasteiger partial charge in [-0.2, -0.15) is 4.31 Å². The van der Waals surface area contributed by atoms with Gasteiger partial charge in [0.15, 0.2) is 0 Å². The lowest BCUT2D eigenvalue weighted by molar-refractivity contribution is 0.0945. The van der Waals surface area contributed by atoms with E-state index in [1.807, 2.05) is 0 Å². The number of nitrogens with one attached hydrogen (secondary N) is 1. The van der Waals surface area contributed by atoms with Gasteiger partial charge >= 0.3 is 0 Å². The van der Waals surface area contributed by atoms with Crippen LogP contribution in [0.2, 0.25) is 0 Å². The summed E-state index contributed by atoms with van der Waals surface area (Å²) in [5, 5.41) is 2.74. The maximum absolute atomic E-state index is 12.6. The maximum Gasteiger partial charge on any atom is 0.267 e. The number of hydrogen-bond donors (Lipinski definition) is 2. The van der Waals surface area contributed by atoms with Crippen molar-refractivity contribution in [1.82, 2.24) is 14.2 Å². The lowest BCUT2D eigenvalue weighted by Crippen LogP contribution is -2.35. The maximum atomic E-state index is 12.6. The van der Waals surface area contributed by atoms with Crippen molar-refractivity contribution in [3.63, 3.8) is 0 Å². The zero-order valence-corrected chi connectivity index (χ0v) is 15.0. The Morgan fingerprint density at radius 1 is 1.30 bits per heavy atom. The van der Waals surface area contributed by atoms with Crippen molar-refractivity contribution in [3.8, 4) is 0 Å². The van der Waals surface area contributed by atoms with Gasteiger partial charge in [-0.15, -0.1) is 12.4 Å². The Bertz CT molecular complexity index is 624. The lowest BCUT2D eigenvalue weighted by atomic mass is 10.2. The fourth-order valence-electron chi connectivity index (χ4n) is 2.55. The summed E-state index contributed by atoms with van der Waals surface area (Å²) < 4.78 is 28.3. The van der Waals surface area contributed by atoms with Gasteiger partial charge in [-0.05, 0) is 31.9 Å². The molecule has 0 aliphatic carbocycles. The van der Waals surface area contributed by atoms with Crippen LogP contribution in [0, 0.1) is 0 Å². The quantitative estimate of drug-likeness (QED) is 0.726. The summed E-state index contributed by atoms with van der Waals surface area (Å²) in [4.78, 5) is 12.3. The first-order valence-electron chi connectivity index (χ1n) is 7.61. The first-order chi connectivity index (χ1) is 10.5. The number of carbonyl (C=O) groups excluding carboxylic acids is 1. The van der Waals surface area contributed by atoms with Crippen LogP contribution in [0.1, 0.15) is 36.2 Å². The molecule has 2 heterocycles. The Labute approximate surface area is 143 Å². The van der Waals surface area contributed by atoms with Crippen LogP contribution in [0.5, 0.6) is 0 Å². The van der Waals surface area contributed by atoms with Crippen LogP contribution in [0.3, 0.4) is 0 Å². The van der Waals surface area contributed by atoms with E-state index in [0.717, 1.165) is 19.3 Å². The van der Waals surface area contributed by atoms with E-state index in [2.05, 4.69) is 5.32 Å². The Kier molecular flexibility index (Phi) is 7.53. The van der Waals surface area contributed by atoms with Crippen LogP contribution in [-0.4, -0.2) is 49.4 Å². The van der Waals surface area contributed by atoms with Gasteiger partial charge < -0.3 is 15.6 Å². The number of rotatable bonds is 6. The van der Waals surface area contributed by atoms with Gasteiger partial charge in [0.25, 0.3) is 5.91 Å². The summed E-state index contributed by atoms with van der Waals surface area (Å²) >= 11 is 0. The molecule has 1 aliphatic rings. The second kappa shape index (κ2) is 8.68. The smallest absolute Gasteiger partial charge is 0.267 e. The van der Waals surface area contributed by atoms with Crippen molar-refractivity contribution in [2.45, 2.75) is 30.6 Å². The Morgan fingerprint density at radius 3 is 2.57 bits per heavy atom. The van der Waals surface area contributed by atoms with E-state index in [-0.39, 0.29) is 23.2 Å². The highest BCUT2D eigenvalue weighted by atomic mass is 35.5. The fraction of sp³-hybridized carbons (Fsp3) is 0.643. The zero-order valence-electron chi connectivity index (χ0n) is 13.3. The van der Waals surface area contributed by atoms with Gasteiger partial charge in [0, 0.05) is 32.9 Å². The number of sulfonamides is 1. The summed E-state index contributed by atoms with van der Waals surface area (Å²) in [6, 6.07) is 1.45. The molecule has 1 aliphatic heterocycles. The Hall–Kier alpha value is -1.09. The van der Waals surface area contributed by atoms with Gasteiger partial charge in [0.1, 0.15) is 10.6 Å². The number of hydrogen-bond acceptors (Lipinski definition) is 4. The summed E-state index contributed by atoms with van der Waals surface area (Å²) in [7, 11) is -1.84. The fourth-order valence-corrected chi connectivity index (χ4v) is 4.14. The third-order valence-electron chi connectivity index (χ3n) is 3.83. The van der Waals surface area contributed by atoms with Crippen molar-refractivity contribution in [1.29, 1.82) is 0 Å². The first-order valence-corrected chi connectivity index (χ1v) is 9.05. The minimum atomic E-state index is -3.51. The SMILES string of the molecule is Cl.Cn1cc(S(=O)(=O)N2CCCCC2)cc1C(=O)NCCCN. The molecule has 0 bridgehead atoms. The van der Waals surface area contributed by atoms with Crippen LogP contribution < -0.4 is 11.1 Å². The van der Waals surface area contributed by atoms with Gasteiger partial charge in [-0.1, -0.05) is 6.42 Å². The molecule has 0 atom stereocenters. The number of nitrogens with two attached hydrogens (primary N) is 1. The third kappa shape index (κ3) is 4.69. The highest BCUT2D eigenvalue weighted by molar-refractivity contribution is 7.89. The van der Waals surface area contributed by atoms with E-state index in [9.17, 15) is 13.2 Å². The summed E-state index contributed by atoms with van der Waals surface area (Å²) in [5.41, 5.74) is 5.73. The van der Waals surface area contributed by atoms with Crippen LogP contribution in [0.4, 0.5) is 0 Å². The molecule has 23 heavy (non-hydrogen) atoms. The van der Waals surface area contributed by atoms with Gasteiger partial charge in [-0.3, -0.25) is 4.79 Å². The van der Waals surface area contributed by atoms with E-state index in [0.29, 0.717) is 38.3 Å². The number of aryl methyl sites for hydroxylation is 1. The second-order valence-electron chi connectivity index (χ2n) is 5.53. The van der Waals surface area contributed by atoms with E-state index >= 15 is 0 Å². The number of carbonyl (C=O) groups is 1. The van der Waals surface area contributed by atoms with Crippen molar-refractivity contribution in [2.24, 2.45) is 12.8 Å². The van der Waals surface area contributed by atoms with Crippen LogP contribution in [0.15, 0.2) is 17.2 Å². The van der Waals surface area contributed by atoms with Crippen molar-refractivity contribution < 1.29 is 13.2 Å². The number of halogens is 1. The predicted octanol–water partition coefficient (Wildman–Crippen LogP) is 0.700. The standard InChI is InChI=1S/C14H24N4O3S.ClH/c1-17-11-12(10-13(17)14(19)16-7-5-6-15)22(20,21)18-8-3-2-4-9-18;/h10-11H,2-9,15H2,1H3,(H,16,19);1H. The summed E-state index contributed by atoms with van der Waals surface area (Å²) in [6.45, 7) is 2.08. The molecule has 0 unspecified atom stereocenters. The topological polar surface area (TPSA) is 97.4 Å². The molecule has 1 saturated heterocycles. The molecule has 9 heteroatoms. The lowest BCUT2D eigenvalue weighted by Gasteiger charge is -2.25. The van der Waals surface area contributed by atoms with Crippen LogP contribution in [-0.2, 0) is 17.1 Å². The van der Waals surface area contributed by atoms with E-state index in [4.69, 9.17) is 5.73 Å². The monoisotopic (exact) mass is 364 g/mol. The first kappa shape index (κ1) is 20.0. The number of nitrogens with zero attached hydrogens (tertiary/aromatic N) is 2. The number of piperidine rings is 1. The minimum absolute atomic E-state index is 0. The highest BCUT2D eigenvalue weighted by Crippen LogP contribution is 2.22. The molecule has 3 N–H and O–H groups in total. The number of aromatic nitrogens is 1. The van der Waals surface area contributed by atoms with Crippen molar-refractivity contribution >= 4 is 28.3 Å². The molecular formula is C14H25ClN4O3S. The molecule has 0 aromatic carbocycles. The average Bonchev–Trinajstić information content (AvgIpc) is 2.91. The number of amides is 1. The van der Waals surface area contributed by atoms with Crippen molar-refractivity contribution in [2.75, 3.05) is 26.2 Å². The zero-order chi connectivity index (χ0) is 16.2. The Morgan fingerprint density at radius 2 is 1.96 bits per heavy atom. The van der Waals surface area contributed by atoms with E-state index < -0.39 is 10.0 Å². The van der Waals surface area contributed by atoms with E-state index in [1.165, 1.54) is 16.6 Å². The second-order valence-corrected chi connectivity index (χ2v) is 7.47. The van der Waals surface area contributed by atoms with Crippen molar-refractivity contribution in [3.05, 3.63) is 18.0 Å². The molecule has 1 aromatic rings. The minimum Gasteiger partial charge on any atom is -0.351 e. The molecule has 0 spiro atoms. The van der Waals surface area contributed by atoms with Gasteiger partial charge in [0.2, 0.25) is 10.0 Å². The summed E-state index contributed by atoms with van der Waals surface area (Å²) in [6.07, 6.45) is 5.03.